The third kappa shape index (κ3) is 3.97. The Morgan fingerprint density at radius 3 is 1.75 bits per heavy atom. The summed E-state index contributed by atoms with van der Waals surface area (Å²) in [7, 11) is 1.66. The second-order valence-electron chi connectivity index (χ2n) is 14.3. The van der Waals surface area contributed by atoms with Crippen LogP contribution in [0.4, 0.5) is 0 Å². The fraction of sp³-hybridized carbons (Fsp3) is 0.526. The molecule has 0 aliphatic heterocycles. The zero-order valence-corrected chi connectivity index (χ0v) is 26.1. The van der Waals surface area contributed by atoms with E-state index in [0.717, 1.165) is 34.3 Å². The first-order chi connectivity index (χ1) is 21.3. The van der Waals surface area contributed by atoms with Crippen molar-refractivity contribution in [1.29, 1.82) is 0 Å². The first kappa shape index (κ1) is 28.7. The molecule has 3 aromatic carbocycles. The van der Waals surface area contributed by atoms with Crippen molar-refractivity contribution in [1.82, 2.24) is 0 Å². The summed E-state index contributed by atoms with van der Waals surface area (Å²) in [6.45, 7) is 8.04. The highest BCUT2D eigenvalue weighted by Gasteiger charge is 3.10. The molecule has 0 amide bonds. The lowest BCUT2D eigenvalue weighted by Crippen LogP contribution is -2.74. The molecule has 8 rings (SSSR count). The van der Waals surface area contributed by atoms with Crippen LogP contribution in [0, 0.1) is 34.5 Å². The maximum absolute atomic E-state index is 12.2. The number of hydrogen-bond acceptors (Lipinski definition) is 6. The van der Waals surface area contributed by atoms with Gasteiger partial charge in [-0.15, -0.1) is 0 Å². The number of rotatable bonds is 12. The van der Waals surface area contributed by atoms with Crippen LogP contribution in [0.3, 0.4) is 0 Å². The van der Waals surface area contributed by atoms with Crippen molar-refractivity contribution in [3.05, 3.63) is 102 Å². The molecule has 5 aliphatic carbocycles. The van der Waals surface area contributed by atoms with E-state index in [9.17, 15) is 5.11 Å². The molecule has 11 unspecified atom stereocenters. The summed E-state index contributed by atoms with van der Waals surface area (Å²) in [5, 5.41) is 12.2. The van der Waals surface area contributed by atoms with Crippen LogP contribution >= 0.6 is 0 Å². The Balaban J connectivity index is 1.08. The first-order valence-corrected chi connectivity index (χ1v) is 16.2. The summed E-state index contributed by atoms with van der Waals surface area (Å²) >= 11 is 0. The Labute approximate surface area is 260 Å². The number of aliphatic hydroxyl groups is 1. The summed E-state index contributed by atoms with van der Waals surface area (Å²) in [5.74, 6) is 3.09. The average Bonchev–Trinajstić information content (AvgIpc) is 3.92. The van der Waals surface area contributed by atoms with Gasteiger partial charge in [0.05, 0.1) is 44.7 Å². The van der Waals surface area contributed by atoms with E-state index in [0.29, 0.717) is 31.2 Å². The van der Waals surface area contributed by atoms with Crippen molar-refractivity contribution in [3.63, 3.8) is 0 Å². The van der Waals surface area contributed by atoms with Gasteiger partial charge in [-0.2, -0.15) is 0 Å². The van der Waals surface area contributed by atoms with Gasteiger partial charge >= 0.3 is 0 Å². The van der Waals surface area contributed by atoms with Gasteiger partial charge in [0, 0.05) is 11.3 Å². The molecule has 1 spiro atoms. The van der Waals surface area contributed by atoms with Crippen LogP contribution in [0.15, 0.2) is 84.9 Å². The predicted molar refractivity (Wildman–Crippen MR) is 166 cm³/mol. The molecule has 12 atom stereocenters. The van der Waals surface area contributed by atoms with E-state index < -0.39 is 24.4 Å². The van der Waals surface area contributed by atoms with Crippen LogP contribution in [0.2, 0.25) is 0 Å². The summed E-state index contributed by atoms with van der Waals surface area (Å²) in [6.07, 6.45) is -1.55. The Morgan fingerprint density at radius 2 is 1.25 bits per heavy atom. The monoisotopic (exact) mass is 596 g/mol. The molecule has 0 aromatic heterocycles. The third-order valence-corrected chi connectivity index (χ3v) is 12.4. The van der Waals surface area contributed by atoms with Crippen LogP contribution < -0.4 is 4.74 Å². The minimum Gasteiger partial charge on any atom is -0.497 e. The Bertz CT molecular complexity index is 1420. The minimum absolute atomic E-state index is 0.117. The van der Waals surface area contributed by atoms with Gasteiger partial charge in [-0.3, -0.25) is 0 Å². The zero-order valence-electron chi connectivity index (χ0n) is 26.1. The SMILES string of the molecule is COc1ccc(COC2C(OCc3ccccc3)C(C)C(OC3(C)C4C5C6CC3(C)[C@]654)C(O)C2OCc2ccccc2)cc1. The van der Waals surface area contributed by atoms with Gasteiger partial charge in [-0.25, -0.2) is 0 Å². The largest absolute Gasteiger partial charge is 0.497 e. The lowest BCUT2D eigenvalue weighted by atomic mass is 9.39. The van der Waals surface area contributed by atoms with E-state index in [-0.39, 0.29) is 23.0 Å². The van der Waals surface area contributed by atoms with Gasteiger partial charge in [0.15, 0.2) is 0 Å². The van der Waals surface area contributed by atoms with Crippen LogP contribution in [0.1, 0.15) is 43.9 Å². The number of methoxy groups -OCH3 is 1. The quantitative estimate of drug-likeness (QED) is 0.269. The van der Waals surface area contributed by atoms with Gasteiger partial charge in [0.1, 0.15) is 24.1 Å². The van der Waals surface area contributed by atoms with Gasteiger partial charge < -0.3 is 28.8 Å². The lowest BCUT2D eigenvalue weighted by molar-refractivity contribution is -0.343. The van der Waals surface area contributed by atoms with E-state index in [1.54, 1.807) is 7.11 Å². The number of ether oxygens (including phenoxy) is 5. The molecular formula is C38H44O6. The summed E-state index contributed by atoms with van der Waals surface area (Å²) < 4.78 is 32.6. The molecule has 232 valence electrons. The van der Waals surface area contributed by atoms with Crippen molar-refractivity contribution >= 4 is 0 Å². The Morgan fingerprint density at radius 1 is 0.705 bits per heavy atom. The minimum atomic E-state index is -0.867. The molecule has 1 N–H and O–H groups in total. The fourth-order valence-corrected chi connectivity index (χ4v) is 10.00. The van der Waals surface area contributed by atoms with Crippen LogP contribution in [-0.2, 0) is 38.8 Å². The molecule has 0 saturated heterocycles. The van der Waals surface area contributed by atoms with E-state index in [1.807, 2.05) is 72.8 Å². The first-order valence-electron chi connectivity index (χ1n) is 16.2. The number of hydrogen-bond donors (Lipinski definition) is 1. The Kier molecular flexibility index (Phi) is 6.78. The number of aliphatic hydroxyl groups excluding tert-OH is 1. The second kappa shape index (κ2) is 10.4. The molecule has 44 heavy (non-hydrogen) atoms. The average molecular weight is 597 g/mol. The molecule has 5 saturated carbocycles. The molecule has 6 heteroatoms. The summed E-state index contributed by atoms with van der Waals surface area (Å²) in [5.41, 5.74) is 3.70. The highest BCUT2D eigenvalue weighted by atomic mass is 16.6. The van der Waals surface area contributed by atoms with Crippen molar-refractivity contribution in [3.8, 4) is 5.75 Å². The molecule has 5 aliphatic rings. The van der Waals surface area contributed by atoms with Crippen LogP contribution in [0.25, 0.3) is 0 Å². The second-order valence-corrected chi connectivity index (χ2v) is 14.3. The van der Waals surface area contributed by atoms with E-state index >= 15 is 0 Å². The van der Waals surface area contributed by atoms with Gasteiger partial charge in [0.2, 0.25) is 0 Å². The molecule has 0 bridgehead atoms. The fourth-order valence-electron chi connectivity index (χ4n) is 10.00. The molecule has 5 fully saturated rings. The summed E-state index contributed by atoms with van der Waals surface area (Å²) in [6, 6.07) is 28.2. The Hall–Kier alpha value is -2.74. The lowest BCUT2D eigenvalue weighted by Gasteiger charge is -2.70. The topological polar surface area (TPSA) is 66.4 Å². The van der Waals surface area contributed by atoms with Gasteiger partial charge in [0.25, 0.3) is 0 Å². The highest BCUT2D eigenvalue weighted by Crippen LogP contribution is 3.11. The van der Waals surface area contributed by atoms with Crippen LogP contribution in [-0.4, -0.2) is 48.3 Å². The van der Waals surface area contributed by atoms with Crippen molar-refractivity contribution < 1.29 is 28.8 Å². The zero-order chi connectivity index (χ0) is 30.3. The maximum Gasteiger partial charge on any atom is 0.118 e. The normalized spacial score (nSPS) is 42.3. The number of fused-ring (bicyclic) bond motifs is 2. The predicted octanol–water partition coefficient (Wildman–Crippen LogP) is 6.19. The van der Waals surface area contributed by atoms with Crippen molar-refractivity contribution in [2.24, 2.45) is 34.5 Å². The van der Waals surface area contributed by atoms with E-state index in [1.165, 1.54) is 6.42 Å². The summed E-state index contributed by atoms with van der Waals surface area (Å²) in [4.78, 5) is 0. The molecule has 3 aromatic rings. The van der Waals surface area contributed by atoms with E-state index in [2.05, 4.69) is 32.9 Å². The number of benzene rings is 3. The molecule has 6 nitrogen and oxygen atoms in total. The van der Waals surface area contributed by atoms with Gasteiger partial charge in [-0.05, 0) is 65.3 Å². The standard InChI is InChI=1S/C38H44O6/c1-23-31(44-37(3)35-29-28-19-36(37,2)38(28,29)35)30(39)33(42-21-25-13-9-6-10-14-25)34(32(23)41-20-24-11-7-5-8-12-24)43-22-26-15-17-27(40-4)18-16-26/h5-18,23,28-35,39H,19-22H2,1-4H3/t23?,28?,29?,30?,31?,32?,33?,34?,35?,36?,37?,38-/m1/s1. The van der Waals surface area contributed by atoms with Crippen LogP contribution in [0.5, 0.6) is 5.75 Å². The smallest absolute Gasteiger partial charge is 0.118 e. The molecule has 0 radical (unpaired) electrons. The van der Waals surface area contributed by atoms with E-state index in [4.69, 9.17) is 23.7 Å². The third-order valence-electron chi connectivity index (χ3n) is 12.4. The van der Waals surface area contributed by atoms with Crippen molar-refractivity contribution in [2.45, 2.75) is 83.1 Å². The maximum atomic E-state index is 12.2. The molecular weight excluding hydrogens is 552 g/mol. The van der Waals surface area contributed by atoms with Crippen molar-refractivity contribution in [2.75, 3.05) is 7.11 Å². The van der Waals surface area contributed by atoms with Gasteiger partial charge in [-0.1, -0.05) is 86.6 Å². The highest BCUT2D eigenvalue weighted by molar-refractivity contribution is 5.57. The molecule has 0 heterocycles.